The van der Waals surface area contributed by atoms with Crippen molar-refractivity contribution in [2.24, 2.45) is 0 Å². The van der Waals surface area contributed by atoms with Crippen LogP contribution in [0.1, 0.15) is 0 Å². The number of hydrogen-bond acceptors (Lipinski definition) is 4. The molecule has 0 radical (unpaired) electrons. The van der Waals surface area contributed by atoms with E-state index in [1.807, 2.05) is 18.2 Å². The van der Waals surface area contributed by atoms with Gasteiger partial charge in [-0.25, -0.2) is 13.1 Å². The zero-order valence-electron chi connectivity index (χ0n) is 11.0. The lowest BCUT2D eigenvalue weighted by Gasteiger charge is -2.13. The summed E-state index contributed by atoms with van der Waals surface area (Å²) in [6.45, 7) is 0. The molecule has 2 rings (SSSR count). The van der Waals surface area contributed by atoms with Crippen molar-refractivity contribution in [2.75, 3.05) is 18.1 Å². The minimum absolute atomic E-state index is 0.124. The van der Waals surface area contributed by atoms with Crippen molar-refractivity contribution in [1.29, 1.82) is 0 Å². The van der Waals surface area contributed by atoms with Crippen LogP contribution in [0.2, 0.25) is 0 Å². The van der Waals surface area contributed by atoms with Gasteiger partial charge in [-0.05, 0) is 69.2 Å². The van der Waals surface area contributed by atoms with Crippen molar-refractivity contribution < 1.29 is 8.42 Å². The van der Waals surface area contributed by atoms with Crippen LogP contribution in [-0.2, 0) is 10.0 Å². The van der Waals surface area contributed by atoms with Gasteiger partial charge in [0.2, 0.25) is 10.0 Å². The van der Waals surface area contributed by atoms with E-state index in [-0.39, 0.29) is 4.90 Å². The minimum Gasteiger partial charge on any atom is -0.397 e. The first-order chi connectivity index (χ1) is 9.85. The molecule has 5 nitrogen and oxygen atoms in total. The molecule has 0 unspecified atom stereocenters. The fourth-order valence-corrected chi connectivity index (χ4v) is 3.65. The molecule has 112 valence electrons. The first-order valence-corrected chi connectivity index (χ1v) is 8.96. The molecule has 21 heavy (non-hydrogen) atoms. The number of para-hydroxylation sites is 1. The number of rotatable bonds is 4. The zero-order valence-corrected chi connectivity index (χ0v) is 15.0. The van der Waals surface area contributed by atoms with E-state index in [0.717, 1.165) is 14.6 Å². The van der Waals surface area contributed by atoms with Crippen molar-refractivity contribution in [3.63, 3.8) is 0 Å². The predicted molar refractivity (Wildman–Crippen MR) is 92.2 cm³/mol. The third-order valence-corrected chi connectivity index (χ3v) is 5.56. The molecule has 0 aromatic heterocycles. The Labute approximate surface area is 140 Å². The second-order valence-electron chi connectivity index (χ2n) is 4.18. The van der Waals surface area contributed by atoms with Crippen molar-refractivity contribution in [2.45, 2.75) is 4.90 Å². The Balaban J connectivity index is 2.39. The number of nitrogens with one attached hydrogen (secondary N) is 2. The van der Waals surface area contributed by atoms with Crippen LogP contribution < -0.4 is 15.8 Å². The van der Waals surface area contributed by atoms with Crippen LogP contribution in [0.5, 0.6) is 0 Å². The second kappa shape index (κ2) is 6.35. The number of nitrogen functional groups attached to an aromatic ring is 1. The van der Waals surface area contributed by atoms with Gasteiger partial charge >= 0.3 is 0 Å². The maximum absolute atomic E-state index is 11.7. The van der Waals surface area contributed by atoms with Gasteiger partial charge in [-0.2, -0.15) is 0 Å². The first-order valence-electron chi connectivity index (χ1n) is 5.89. The monoisotopic (exact) mass is 433 g/mol. The Morgan fingerprint density at radius 1 is 1.10 bits per heavy atom. The Kier molecular flexibility index (Phi) is 4.92. The molecule has 0 bridgehead atoms. The fraction of sp³-hybridized carbons (Fsp3) is 0.0769. The van der Waals surface area contributed by atoms with Gasteiger partial charge in [0.1, 0.15) is 0 Å². The van der Waals surface area contributed by atoms with E-state index < -0.39 is 10.0 Å². The summed E-state index contributed by atoms with van der Waals surface area (Å²) >= 11 is 6.89. The molecule has 2 aromatic carbocycles. The molecular formula is C13H13Br2N3O2S. The highest BCUT2D eigenvalue weighted by Crippen LogP contribution is 2.35. The molecule has 0 heterocycles. The van der Waals surface area contributed by atoms with Gasteiger partial charge < -0.3 is 11.1 Å². The van der Waals surface area contributed by atoms with Crippen LogP contribution in [-0.4, -0.2) is 15.5 Å². The standard InChI is InChI=1S/C13H13Br2N3O2S/c1-17-21(19,20)8-5-6-12(11(16)7-8)18-13-9(14)3-2-4-10(13)15/h2-7,17-18H,16H2,1H3. The molecule has 0 fully saturated rings. The van der Waals surface area contributed by atoms with Crippen LogP contribution in [0.15, 0.2) is 50.2 Å². The molecule has 0 spiro atoms. The fourth-order valence-electron chi connectivity index (χ4n) is 1.69. The third-order valence-electron chi connectivity index (χ3n) is 2.82. The Hall–Kier alpha value is -1.09. The van der Waals surface area contributed by atoms with Gasteiger partial charge in [0, 0.05) is 8.95 Å². The Morgan fingerprint density at radius 2 is 1.71 bits per heavy atom. The zero-order chi connectivity index (χ0) is 15.6. The van der Waals surface area contributed by atoms with E-state index in [1.165, 1.54) is 19.2 Å². The first kappa shape index (κ1) is 16.3. The Bertz CT molecular complexity index is 759. The lowest BCUT2D eigenvalue weighted by Crippen LogP contribution is -2.18. The Morgan fingerprint density at radius 3 is 2.24 bits per heavy atom. The molecular weight excluding hydrogens is 422 g/mol. The van der Waals surface area contributed by atoms with E-state index in [2.05, 4.69) is 41.9 Å². The smallest absolute Gasteiger partial charge is 0.240 e. The van der Waals surface area contributed by atoms with E-state index >= 15 is 0 Å². The van der Waals surface area contributed by atoms with Gasteiger partial charge in [0.05, 0.1) is 22.0 Å². The van der Waals surface area contributed by atoms with E-state index in [0.29, 0.717) is 11.4 Å². The van der Waals surface area contributed by atoms with Gasteiger partial charge in [-0.15, -0.1) is 0 Å². The predicted octanol–water partition coefficient (Wildman–Crippen LogP) is 3.45. The van der Waals surface area contributed by atoms with E-state index in [1.54, 1.807) is 6.07 Å². The normalized spacial score (nSPS) is 11.4. The summed E-state index contributed by atoms with van der Waals surface area (Å²) in [5, 5.41) is 3.17. The van der Waals surface area contributed by atoms with Crippen molar-refractivity contribution in [3.05, 3.63) is 45.3 Å². The number of halogens is 2. The van der Waals surface area contributed by atoms with Crippen molar-refractivity contribution >= 4 is 58.9 Å². The molecule has 4 N–H and O–H groups in total. The summed E-state index contributed by atoms with van der Waals surface area (Å²) in [7, 11) is -2.15. The summed E-state index contributed by atoms with van der Waals surface area (Å²) in [5.41, 5.74) is 7.71. The molecule has 0 aliphatic rings. The van der Waals surface area contributed by atoms with Gasteiger partial charge in [0.25, 0.3) is 0 Å². The molecule has 0 saturated heterocycles. The number of anilines is 3. The maximum Gasteiger partial charge on any atom is 0.240 e. The van der Waals surface area contributed by atoms with Crippen LogP contribution in [0.4, 0.5) is 17.1 Å². The summed E-state index contributed by atoms with van der Waals surface area (Å²) in [6.07, 6.45) is 0. The van der Waals surface area contributed by atoms with Crippen molar-refractivity contribution in [1.82, 2.24) is 4.72 Å². The minimum atomic E-state index is -3.50. The number of hydrogen-bond donors (Lipinski definition) is 3. The number of benzene rings is 2. The summed E-state index contributed by atoms with van der Waals surface area (Å²) < 4.78 is 27.4. The van der Waals surface area contributed by atoms with Gasteiger partial charge in [0.15, 0.2) is 0 Å². The molecule has 0 saturated carbocycles. The molecule has 0 aliphatic carbocycles. The summed E-state index contributed by atoms with van der Waals surface area (Å²) in [5.74, 6) is 0. The van der Waals surface area contributed by atoms with Crippen LogP contribution in [0, 0.1) is 0 Å². The van der Waals surface area contributed by atoms with E-state index in [9.17, 15) is 8.42 Å². The molecule has 8 heteroatoms. The molecule has 0 amide bonds. The largest absolute Gasteiger partial charge is 0.397 e. The number of sulfonamides is 1. The molecule has 0 atom stereocenters. The maximum atomic E-state index is 11.7. The summed E-state index contributed by atoms with van der Waals surface area (Å²) in [6, 6.07) is 10.2. The second-order valence-corrected chi connectivity index (χ2v) is 7.77. The van der Waals surface area contributed by atoms with Crippen LogP contribution >= 0.6 is 31.9 Å². The molecule has 0 aliphatic heterocycles. The molecule has 2 aromatic rings. The van der Waals surface area contributed by atoms with Gasteiger partial charge in [-0.1, -0.05) is 6.07 Å². The lowest BCUT2D eigenvalue weighted by atomic mass is 10.2. The highest BCUT2D eigenvalue weighted by molar-refractivity contribution is 9.11. The number of nitrogens with two attached hydrogens (primary N) is 1. The SMILES string of the molecule is CNS(=O)(=O)c1ccc(Nc2c(Br)cccc2Br)c(N)c1. The summed E-state index contributed by atoms with van der Waals surface area (Å²) in [4.78, 5) is 0.124. The topological polar surface area (TPSA) is 84.2 Å². The van der Waals surface area contributed by atoms with Gasteiger partial charge in [-0.3, -0.25) is 0 Å². The van der Waals surface area contributed by atoms with Crippen LogP contribution in [0.25, 0.3) is 0 Å². The highest BCUT2D eigenvalue weighted by atomic mass is 79.9. The highest BCUT2D eigenvalue weighted by Gasteiger charge is 2.14. The van der Waals surface area contributed by atoms with E-state index in [4.69, 9.17) is 5.73 Å². The van der Waals surface area contributed by atoms with Crippen molar-refractivity contribution in [3.8, 4) is 0 Å². The quantitative estimate of drug-likeness (QED) is 0.643. The third kappa shape index (κ3) is 3.57. The average Bonchev–Trinajstić information content (AvgIpc) is 2.44. The van der Waals surface area contributed by atoms with Crippen LogP contribution in [0.3, 0.4) is 0 Å². The average molecular weight is 435 g/mol. The lowest BCUT2D eigenvalue weighted by molar-refractivity contribution is 0.588.